The maximum atomic E-state index is 14.4. The molecule has 0 spiro atoms. The first-order valence-corrected chi connectivity index (χ1v) is 12.0. The smallest absolute Gasteiger partial charge is 0.206 e. The molecule has 0 aromatic heterocycles. The van der Waals surface area contributed by atoms with Crippen molar-refractivity contribution in [3.63, 3.8) is 0 Å². The molecule has 0 radical (unpaired) electrons. The molecule has 182 valence electrons. The minimum atomic E-state index is -5.09. The molecule has 0 bridgehead atoms. The van der Waals surface area contributed by atoms with Gasteiger partial charge >= 0.3 is 6.18 Å². The molecule has 0 unspecified atom stereocenters. The largest absolute Gasteiger partial charge is 0.422 e. The van der Waals surface area contributed by atoms with Gasteiger partial charge in [0.05, 0.1) is 0 Å². The number of alkyl halides is 3. The molecule has 0 atom stereocenters. The molecule has 5 heteroatoms. The van der Waals surface area contributed by atoms with Crippen LogP contribution in [0.1, 0.15) is 56.6 Å². The predicted molar refractivity (Wildman–Crippen MR) is 131 cm³/mol. The lowest BCUT2D eigenvalue weighted by Crippen LogP contribution is -2.13. The summed E-state index contributed by atoms with van der Waals surface area (Å²) in [7, 11) is 0. The standard InChI is InChI=1S/C30H27F5/c1-2-3-4-5-20-6-8-21(9-7-20)10-11-22-12-14-23(15-13-22)24-16-17-26-25(18-24)19-27(31)28(29(26)32)30(33,34)35/h2-3,12-21H,4-9H2,1H3/b3-2+. The van der Waals surface area contributed by atoms with E-state index in [-0.39, 0.29) is 10.8 Å². The van der Waals surface area contributed by atoms with Gasteiger partial charge in [0.2, 0.25) is 0 Å². The van der Waals surface area contributed by atoms with Gasteiger partial charge < -0.3 is 0 Å². The summed E-state index contributed by atoms with van der Waals surface area (Å²) < 4.78 is 67.3. The maximum Gasteiger partial charge on any atom is 0.422 e. The molecule has 4 rings (SSSR count). The predicted octanol–water partition coefficient (Wildman–Crippen LogP) is 9.32. The molecule has 0 saturated heterocycles. The lowest BCUT2D eigenvalue weighted by molar-refractivity contribution is -0.142. The van der Waals surface area contributed by atoms with Crippen LogP contribution < -0.4 is 0 Å². The van der Waals surface area contributed by atoms with E-state index in [1.54, 1.807) is 6.07 Å². The van der Waals surface area contributed by atoms with E-state index in [9.17, 15) is 22.0 Å². The molecule has 1 aliphatic rings. The average Bonchev–Trinajstić information content (AvgIpc) is 2.83. The second kappa shape index (κ2) is 10.6. The van der Waals surface area contributed by atoms with Crippen molar-refractivity contribution in [2.24, 2.45) is 11.8 Å². The molecular weight excluding hydrogens is 455 g/mol. The van der Waals surface area contributed by atoms with E-state index in [1.807, 2.05) is 24.3 Å². The third-order valence-corrected chi connectivity index (χ3v) is 6.77. The molecule has 0 heterocycles. The van der Waals surface area contributed by atoms with Gasteiger partial charge in [-0.15, -0.1) is 0 Å². The van der Waals surface area contributed by atoms with Crippen molar-refractivity contribution in [2.45, 2.75) is 51.6 Å². The Kier molecular flexibility index (Phi) is 7.60. The Hall–Kier alpha value is -3.13. The molecule has 1 aliphatic carbocycles. The summed E-state index contributed by atoms with van der Waals surface area (Å²) >= 11 is 0. The topological polar surface area (TPSA) is 0 Å². The van der Waals surface area contributed by atoms with Crippen LogP contribution in [-0.2, 0) is 6.18 Å². The van der Waals surface area contributed by atoms with E-state index >= 15 is 0 Å². The van der Waals surface area contributed by atoms with Gasteiger partial charge in [-0.1, -0.05) is 48.3 Å². The van der Waals surface area contributed by atoms with Crippen LogP contribution in [-0.4, -0.2) is 0 Å². The minimum absolute atomic E-state index is 0.0793. The third kappa shape index (κ3) is 5.93. The second-order valence-electron chi connectivity index (χ2n) is 9.19. The van der Waals surface area contributed by atoms with Gasteiger partial charge in [0.15, 0.2) is 0 Å². The highest BCUT2D eigenvalue weighted by Gasteiger charge is 2.38. The van der Waals surface area contributed by atoms with Crippen LogP contribution in [0.4, 0.5) is 22.0 Å². The summed E-state index contributed by atoms with van der Waals surface area (Å²) in [6.07, 6.45) is 6.36. The zero-order chi connectivity index (χ0) is 25.0. The van der Waals surface area contributed by atoms with Crippen molar-refractivity contribution < 1.29 is 22.0 Å². The van der Waals surface area contributed by atoms with Crippen LogP contribution in [0.2, 0.25) is 0 Å². The highest BCUT2D eigenvalue weighted by atomic mass is 19.4. The van der Waals surface area contributed by atoms with E-state index in [1.165, 1.54) is 31.4 Å². The zero-order valence-corrected chi connectivity index (χ0v) is 19.6. The van der Waals surface area contributed by atoms with Gasteiger partial charge in [0, 0.05) is 16.9 Å². The molecule has 0 aliphatic heterocycles. The molecule has 0 amide bonds. The Labute approximate surface area is 202 Å². The quantitative estimate of drug-likeness (QED) is 0.197. The fourth-order valence-electron chi connectivity index (χ4n) is 4.80. The van der Waals surface area contributed by atoms with Gasteiger partial charge in [-0.3, -0.25) is 0 Å². The van der Waals surface area contributed by atoms with E-state index in [2.05, 4.69) is 30.9 Å². The number of rotatable bonds is 4. The van der Waals surface area contributed by atoms with Gasteiger partial charge in [-0.25, -0.2) is 8.78 Å². The lowest BCUT2D eigenvalue weighted by atomic mass is 9.80. The van der Waals surface area contributed by atoms with Crippen molar-refractivity contribution in [2.75, 3.05) is 0 Å². The summed E-state index contributed by atoms with van der Waals surface area (Å²) in [4.78, 5) is 0. The van der Waals surface area contributed by atoms with Gasteiger partial charge in [-0.05, 0) is 92.1 Å². The number of fused-ring (bicyclic) bond motifs is 1. The van der Waals surface area contributed by atoms with Gasteiger partial charge in [0.25, 0.3) is 0 Å². The van der Waals surface area contributed by atoms with Crippen LogP contribution in [0, 0.1) is 35.3 Å². The average molecular weight is 483 g/mol. The highest BCUT2D eigenvalue weighted by molar-refractivity contribution is 5.88. The molecule has 35 heavy (non-hydrogen) atoms. The normalized spacial score (nSPS) is 18.6. The molecule has 1 saturated carbocycles. The lowest BCUT2D eigenvalue weighted by Gasteiger charge is -2.25. The molecular formula is C30H27F5. The Bertz CT molecular complexity index is 1260. The SMILES string of the molecule is C/C=C/CCC1CCC(C#Cc2ccc(-c3ccc4c(F)c(C(F)(F)F)c(F)cc4c3)cc2)CC1. The maximum absolute atomic E-state index is 14.4. The van der Waals surface area contributed by atoms with Crippen molar-refractivity contribution in [1.29, 1.82) is 0 Å². The van der Waals surface area contributed by atoms with E-state index in [4.69, 9.17) is 0 Å². The number of allylic oxidation sites excluding steroid dienone is 2. The van der Waals surface area contributed by atoms with E-state index in [0.29, 0.717) is 11.5 Å². The zero-order valence-electron chi connectivity index (χ0n) is 19.6. The van der Waals surface area contributed by atoms with Gasteiger partial charge in [0.1, 0.15) is 17.2 Å². The molecule has 3 aromatic carbocycles. The molecule has 1 fully saturated rings. The fourth-order valence-corrected chi connectivity index (χ4v) is 4.80. The summed E-state index contributed by atoms with van der Waals surface area (Å²) in [5.41, 5.74) is 0.478. The first-order valence-electron chi connectivity index (χ1n) is 12.0. The summed E-state index contributed by atoms with van der Waals surface area (Å²) in [5.74, 6) is 4.67. The van der Waals surface area contributed by atoms with E-state index in [0.717, 1.165) is 42.4 Å². The van der Waals surface area contributed by atoms with Crippen LogP contribution in [0.5, 0.6) is 0 Å². The summed E-state index contributed by atoms with van der Waals surface area (Å²) in [5, 5.41) is -0.183. The highest BCUT2D eigenvalue weighted by Crippen LogP contribution is 2.38. The van der Waals surface area contributed by atoms with Crippen LogP contribution in [0.3, 0.4) is 0 Å². The number of hydrogen-bond acceptors (Lipinski definition) is 0. The first kappa shape index (κ1) is 25.0. The Morgan fingerprint density at radius 2 is 1.60 bits per heavy atom. The van der Waals surface area contributed by atoms with Crippen LogP contribution in [0.15, 0.2) is 60.7 Å². The van der Waals surface area contributed by atoms with Crippen molar-refractivity contribution in [1.82, 2.24) is 0 Å². The van der Waals surface area contributed by atoms with E-state index < -0.39 is 23.4 Å². The monoisotopic (exact) mass is 482 g/mol. The Morgan fingerprint density at radius 3 is 2.26 bits per heavy atom. The third-order valence-electron chi connectivity index (χ3n) is 6.77. The fraction of sp³-hybridized carbons (Fsp3) is 0.333. The number of hydrogen-bond donors (Lipinski definition) is 0. The first-order chi connectivity index (χ1) is 16.8. The molecule has 0 nitrogen and oxygen atoms in total. The summed E-state index contributed by atoms with van der Waals surface area (Å²) in [6.45, 7) is 2.05. The van der Waals surface area contributed by atoms with Gasteiger partial charge in [-0.2, -0.15) is 13.2 Å². The molecule has 0 N–H and O–H groups in total. The summed E-state index contributed by atoms with van der Waals surface area (Å²) in [6, 6.07) is 12.5. The second-order valence-corrected chi connectivity index (χ2v) is 9.19. The number of halogens is 5. The molecule has 3 aromatic rings. The minimum Gasteiger partial charge on any atom is -0.206 e. The number of benzene rings is 3. The van der Waals surface area contributed by atoms with Crippen LogP contribution >= 0.6 is 0 Å². The van der Waals surface area contributed by atoms with Crippen molar-refractivity contribution in [3.05, 3.63) is 83.4 Å². The van der Waals surface area contributed by atoms with Crippen LogP contribution in [0.25, 0.3) is 21.9 Å². The van der Waals surface area contributed by atoms with Crippen molar-refractivity contribution in [3.8, 4) is 23.0 Å². The Balaban J connectivity index is 1.45. The Morgan fingerprint density at radius 1 is 0.914 bits per heavy atom. The van der Waals surface area contributed by atoms with Crippen molar-refractivity contribution >= 4 is 10.8 Å².